The summed E-state index contributed by atoms with van der Waals surface area (Å²) in [7, 11) is 0. The molecule has 0 spiro atoms. The summed E-state index contributed by atoms with van der Waals surface area (Å²) >= 11 is 0. The van der Waals surface area contributed by atoms with E-state index in [1.165, 1.54) is 12.1 Å². The molecule has 1 saturated heterocycles. The van der Waals surface area contributed by atoms with Crippen LogP contribution in [0.2, 0.25) is 0 Å². The molecule has 0 amide bonds. The van der Waals surface area contributed by atoms with Crippen molar-refractivity contribution in [2.24, 2.45) is 0 Å². The molecule has 148 valence electrons. The third kappa shape index (κ3) is 2.92. The van der Waals surface area contributed by atoms with Gasteiger partial charge in [0.15, 0.2) is 0 Å². The van der Waals surface area contributed by atoms with Crippen LogP contribution in [0.25, 0.3) is 21.8 Å². The Morgan fingerprint density at radius 1 is 1.07 bits per heavy atom. The third-order valence-electron chi connectivity index (χ3n) is 5.61. The fraction of sp³-hybridized carbons (Fsp3) is 0.318. The molecule has 1 atom stereocenters. The second-order valence-electron chi connectivity index (χ2n) is 7.81. The molecule has 1 aliphatic heterocycles. The Labute approximate surface area is 167 Å². The third-order valence-corrected chi connectivity index (χ3v) is 5.61. The SMILES string of the molecule is CC(C)n1ncc2ccc3cnc(N4CCC[C@@H]4c4cc(F)ccc4F)nc3c21. The number of anilines is 1. The topological polar surface area (TPSA) is 46.8 Å². The Balaban J connectivity index is 1.65. The molecule has 0 radical (unpaired) electrons. The number of nitrogens with zero attached hydrogens (tertiary/aromatic N) is 5. The Morgan fingerprint density at radius 3 is 2.72 bits per heavy atom. The maximum absolute atomic E-state index is 14.4. The fourth-order valence-electron chi connectivity index (χ4n) is 4.25. The van der Waals surface area contributed by atoms with Crippen LogP contribution in [-0.4, -0.2) is 26.3 Å². The van der Waals surface area contributed by atoms with Gasteiger partial charge < -0.3 is 4.90 Å². The van der Waals surface area contributed by atoms with E-state index < -0.39 is 11.6 Å². The molecule has 0 bridgehead atoms. The minimum absolute atomic E-state index is 0.192. The molecule has 5 nitrogen and oxygen atoms in total. The average molecular weight is 393 g/mol. The predicted octanol–water partition coefficient (Wildman–Crippen LogP) is 5.18. The minimum atomic E-state index is -0.435. The van der Waals surface area contributed by atoms with Crippen LogP contribution in [0.1, 0.15) is 44.3 Å². The van der Waals surface area contributed by atoms with Gasteiger partial charge in [0.05, 0.1) is 17.8 Å². The quantitative estimate of drug-likeness (QED) is 0.481. The van der Waals surface area contributed by atoms with E-state index in [4.69, 9.17) is 4.98 Å². The van der Waals surface area contributed by atoms with Gasteiger partial charge in [-0.2, -0.15) is 5.10 Å². The first-order chi connectivity index (χ1) is 14.0. The highest BCUT2D eigenvalue weighted by Gasteiger charge is 2.30. The zero-order valence-corrected chi connectivity index (χ0v) is 16.3. The fourth-order valence-corrected chi connectivity index (χ4v) is 4.25. The lowest BCUT2D eigenvalue weighted by molar-refractivity contribution is 0.551. The summed E-state index contributed by atoms with van der Waals surface area (Å²) < 4.78 is 30.2. The Morgan fingerprint density at radius 2 is 1.90 bits per heavy atom. The van der Waals surface area contributed by atoms with Crippen molar-refractivity contribution in [3.8, 4) is 0 Å². The van der Waals surface area contributed by atoms with Gasteiger partial charge in [-0.1, -0.05) is 12.1 Å². The molecule has 2 aromatic heterocycles. The van der Waals surface area contributed by atoms with E-state index in [0.717, 1.165) is 40.7 Å². The number of rotatable bonds is 3. The lowest BCUT2D eigenvalue weighted by Crippen LogP contribution is -2.25. The van der Waals surface area contributed by atoms with Gasteiger partial charge >= 0.3 is 0 Å². The summed E-state index contributed by atoms with van der Waals surface area (Å²) in [6.07, 6.45) is 5.25. The largest absolute Gasteiger partial charge is 0.334 e. The van der Waals surface area contributed by atoms with Crippen LogP contribution < -0.4 is 4.90 Å². The molecule has 0 aliphatic carbocycles. The van der Waals surface area contributed by atoms with Crippen molar-refractivity contribution in [3.05, 3.63) is 59.9 Å². The van der Waals surface area contributed by atoms with Crippen molar-refractivity contribution in [2.75, 3.05) is 11.4 Å². The molecule has 3 heterocycles. The van der Waals surface area contributed by atoms with Crippen molar-refractivity contribution < 1.29 is 8.78 Å². The summed E-state index contributed by atoms with van der Waals surface area (Å²) in [6.45, 7) is 4.86. The van der Waals surface area contributed by atoms with E-state index in [0.29, 0.717) is 18.1 Å². The van der Waals surface area contributed by atoms with E-state index in [1.807, 2.05) is 27.9 Å². The predicted molar refractivity (Wildman–Crippen MR) is 109 cm³/mol. The molecule has 0 saturated carbocycles. The van der Waals surface area contributed by atoms with Gasteiger partial charge in [0, 0.05) is 35.1 Å². The van der Waals surface area contributed by atoms with Gasteiger partial charge in [0.2, 0.25) is 5.95 Å². The molecular formula is C22H21F2N5. The minimum Gasteiger partial charge on any atom is -0.334 e. The van der Waals surface area contributed by atoms with Gasteiger partial charge in [0.25, 0.3) is 0 Å². The monoisotopic (exact) mass is 393 g/mol. The standard InChI is InChI=1S/C22H21F2N5/c1-13(2)29-21-15(12-26-29)6-5-14-11-25-22(27-20(14)21)28-9-3-4-19(28)17-10-16(23)7-8-18(17)24/h5-8,10-13,19H,3-4,9H2,1-2H3/t19-/m1/s1. The molecule has 1 fully saturated rings. The van der Waals surface area contributed by atoms with Crippen LogP contribution >= 0.6 is 0 Å². The molecule has 1 aliphatic rings. The van der Waals surface area contributed by atoms with Gasteiger partial charge in [-0.15, -0.1) is 0 Å². The molecule has 5 rings (SSSR count). The zero-order valence-electron chi connectivity index (χ0n) is 16.3. The van der Waals surface area contributed by atoms with Crippen LogP contribution in [0.3, 0.4) is 0 Å². The highest BCUT2D eigenvalue weighted by atomic mass is 19.1. The van der Waals surface area contributed by atoms with Crippen LogP contribution in [0.15, 0.2) is 42.7 Å². The van der Waals surface area contributed by atoms with Crippen LogP contribution in [0, 0.1) is 11.6 Å². The number of benzene rings is 2. The smallest absolute Gasteiger partial charge is 0.226 e. The first kappa shape index (κ1) is 18.0. The highest BCUT2D eigenvalue weighted by molar-refractivity contribution is 6.03. The Bertz CT molecular complexity index is 1220. The van der Waals surface area contributed by atoms with Crippen LogP contribution in [-0.2, 0) is 0 Å². The van der Waals surface area contributed by atoms with Gasteiger partial charge in [-0.3, -0.25) is 4.68 Å². The Hall–Kier alpha value is -3.09. The van der Waals surface area contributed by atoms with E-state index >= 15 is 0 Å². The number of aromatic nitrogens is 4. The molecule has 2 aromatic carbocycles. The first-order valence-electron chi connectivity index (χ1n) is 9.87. The average Bonchev–Trinajstić information content (AvgIpc) is 3.36. The van der Waals surface area contributed by atoms with E-state index in [9.17, 15) is 8.78 Å². The number of hydrogen-bond donors (Lipinski definition) is 0. The Kier molecular flexibility index (Phi) is 4.19. The van der Waals surface area contributed by atoms with Crippen molar-refractivity contribution in [1.82, 2.24) is 19.7 Å². The lowest BCUT2D eigenvalue weighted by atomic mass is 10.0. The van der Waals surface area contributed by atoms with Crippen molar-refractivity contribution >= 4 is 27.8 Å². The van der Waals surface area contributed by atoms with Gasteiger partial charge in [-0.25, -0.2) is 18.7 Å². The molecule has 4 aromatic rings. The molecule has 29 heavy (non-hydrogen) atoms. The normalized spacial score (nSPS) is 17.1. The maximum atomic E-state index is 14.4. The summed E-state index contributed by atoms with van der Waals surface area (Å²) in [5.41, 5.74) is 2.15. The zero-order chi connectivity index (χ0) is 20.1. The summed E-state index contributed by atoms with van der Waals surface area (Å²) in [5, 5.41) is 6.45. The van der Waals surface area contributed by atoms with Crippen molar-refractivity contribution in [3.63, 3.8) is 0 Å². The molecule has 0 unspecified atom stereocenters. The number of fused-ring (bicyclic) bond motifs is 3. The molecule has 7 heteroatoms. The summed E-state index contributed by atoms with van der Waals surface area (Å²) in [4.78, 5) is 11.4. The number of halogens is 2. The van der Waals surface area contributed by atoms with E-state index in [2.05, 4.69) is 23.9 Å². The summed E-state index contributed by atoms with van der Waals surface area (Å²) in [5.74, 6) is -0.299. The van der Waals surface area contributed by atoms with E-state index in [1.54, 1.807) is 6.20 Å². The van der Waals surface area contributed by atoms with Gasteiger partial charge in [-0.05, 0) is 44.9 Å². The second kappa shape index (κ2) is 6.76. The number of hydrogen-bond acceptors (Lipinski definition) is 4. The van der Waals surface area contributed by atoms with Crippen LogP contribution in [0.4, 0.5) is 14.7 Å². The molecular weight excluding hydrogens is 372 g/mol. The maximum Gasteiger partial charge on any atom is 0.226 e. The first-order valence-corrected chi connectivity index (χ1v) is 9.87. The highest BCUT2D eigenvalue weighted by Crippen LogP contribution is 2.37. The molecule has 0 N–H and O–H groups in total. The van der Waals surface area contributed by atoms with Crippen molar-refractivity contribution in [1.29, 1.82) is 0 Å². The van der Waals surface area contributed by atoms with Crippen molar-refractivity contribution in [2.45, 2.75) is 38.8 Å². The van der Waals surface area contributed by atoms with E-state index in [-0.39, 0.29) is 12.1 Å². The van der Waals surface area contributed by atoms with Crippen LogP contribution in [0.5, 0.6) is 0 Å². The lowest BCUT2D eigenvalue weighted by Gasteiger charge is -2.25. The summed E-state index contributed by atoms with van der Waals surface area (Å²) in [6, 6.07) is 7.54. The second-order valence-corrected chi connectivity index (χ2v) is 7.81. The van der Waals surface area contributed by atoms with Gasteiger partial charge in [0.1, 0.15) is 17.2 Å².